The van der Waals surface area contributed by atoms with E-state index in [2.05, 4.69) is 29.5 Å². The Balaban J connectivity index is 1.97. The zero-order valence-electron chi connectivity index (χ0n) is 12.0. The van der Waals surface area contributed by atoms with Gasteiger partial charge in [0.05, 0.1) is 12.3 Å². The molecule has 20 heavy (non-hydrogen) atoms. The summed E-state index contributed by atoms with van der Waals surface area (Å²) in [6.07, 6.45) is 1.35. The lowest BCUT2D eigenvalue weighted by atomic mass is 10.1. The molecule has 2 rings (SSSR count). The molecule has 1 aliphatic rings. The Morgan fingerprint density at radius 2 is 2.35 bits per heavy atom. The van der Waals surface area contributed by atoms with E-state index in [0.717, 1.165) is 12.2 Å². The maximum Gasteiger partial charge on any atom is 0.239 e. The molecule has 1 fully saturated rings. The molecular formula is C14H22N4O2. The van der Waals surface area contributed by atoms with Gasteiger partial charge in [0.25, 0.3) is 0 Å². The van der Waals surface area contributed by atoms with Gasteiger partial charge in [0.15, 0.2) is 0 Å². The van der Waals surface area contributed by atoms with Gasteiger partial charge in [-0.05, 0) is 24.5 Å². The van der Waals surface area contributed by atoms with Crippen LogP contribution in [0.4, 0.5) is 11.5 Å². The summed E-state index contributed by atoms with van der Waals surface area (Å²) >= 11 is 0. The summed E-state index contributed by atoms with van der Waals surface area (Å²) in [6.45, 7) is 5.35. The van der Waals surface area contributed by atoms with Gasteiger partial charge in [-0.25, -0.2) is 0 Å². The van der Waals surface area contributed by atoms with E-state index in [1.165, 1.54) is 0 Å². The van der Waals surface area contributed by atoms with Gasteiger partial charge in [-0.1, -0.05) is 13.8 Å². The molecule has 110 valence electrons. The molecule has 0 saturated carbocycles. The van der Waals surface area contributed by atoms with Crippen molar-refractivity contribution in [3.05, 3.63) is 12.1 Å². The first kappa shape index (κ1) is 14.4. The van der Waals surface area contributed by atoms with Gasteiger partial charge in [0.2, 0.25) is 11.8 Å². The Morgan fingerprint density at radius 3 is 3.00 bits per heavy atom. The lowest BCUT2D eigenvalue weighted by Crippen LogP contribution is -2.42. The molecule has 0 aliphatic carbocycles. The number of hydrogen-bond donors (Lipinski definition) is 3. The largest absolute Gasteiger partial charge is 0.476 e. The number of pyridine rings is 1. The summed E-state index contributed by atoms with van der Waals surface area (Å²) in [7, 11) is 0. The van der Waals surface area contributed by atoms with Gasteiger partial charge < -0.3 is 21.1 Å². The summed E-state index contributed by atoms with van der Waals surface area (Å²) < 4.78 is 5.60. The number of carbonyl (C=O) groups excluding carboxylic acids is 1. The van der Waals surface area contributed by atoms with Crippen LogP contribution in [0.15, 0.2) is 12.1 Å². The van der Waals surface area contributed by atoms with Crippen molar-refractivity contribution in [2.45, 2.75) is 32.7 Å². The molecule has 1 atom stereocenters. The molecule has 0 bridgehead atoms. The van der Waals surface area contributed by atoms with E-state index < -0.39 is 0 Å². The summed E-state index contributed by atoms with van der Waals surface area (Å²) in [5.74, 6) is 1.71. The molecule has 0 radical (unpaired) electrons. The number of nitrogens with zero attached hydrogens (tertiary/aromatic N) is 1. The molecule has 1 amide bonds. The fourth-order valence-corrected chi connectivity index (χ4v) is 1.96. The number of hydrogen-bond acceptors (Lipinski definition) is 5. The number of piperidine rings is 1. The van der Waals surface area contributed by atoms with E-state index in [4.69, 9.17) is 10.5 Å². The van der Waals surface area contributed by atoms with Crippen LogP contribution in [0, 0.1) is 5.92 Å². The number of nitrogens with two attached hydrogens (primary N) is 1. The van der Waals surface area contributed by atoms with E-state index in [0.29, 0.717) is 37.1 Å². The standard InChI is InChI=1S/C14H22N4O2/c1-9(2)8-20-14-11(15)4-5-12(18-14)17-10-3-6-13(19)16-7-10/h4-5,9-10H,3,6-8,15H2,1-2H3,(H,16,19)(H,17,18). The number of rotatable bonds is 5. The van der Waals surface area contributed by atoms with E-state index in [9.17, 15) is 4.79 Å². The Morgan fingerprint density at radius 1 is 1.55 bits per heavy atom. The zero-order chi connectivity index (χ0) is 14.5. The van der Waals surface area contributed by atoms with Crippen LogP contribution in [-0.2, 0) is 4.79 Å². The second kappa shape index (κ2) is 6.45. The number of nitrogen functional groups attached to an aromatic ring is 1. The van der Waals surface area contributed by atoms with Crippen LogP contribution >= 0.6 is 0 Å². The monoisotopic (exact) mass is 278 g/mol. The molecule has 6 nitrogen and oxygen atoms in total. The van der Waals surface area contributed by atoms with Crippen molar-refractivity contribution in [2.75, 3.05) is 24.2 Å². The molecule has 2 heterocycles. The SMILES string of the molecule is CC(C)COc1nc(NC2CCC(=O)NC2)ccc1N. The van der Waals surface area contributed by atoms with Crippen LogP contribution in [0.5, 0.6) is 5.88 Å². The van der Waals surface area contributed by atoms with Gasteiger partial charge in [-0.15, -0.1) is 0 Å². The van der Waals surface area contributed by atoms with Crippen molar-refractivity contribution < 1.29 is 9.53 Å². The smallest absolute Gasteiger partial charge is 0.239 e. The summed E-state index contributed by atoms with van der Waals surface area (Å²) in [6, 6.07) is 3.81. The van der Waals surface area contributed by atoms with Crippen molar-refractivity contribution >= 4 is 17.4 Å². The third-order valence-electron chi connectivity index (χ3n) is 3.06. The van der Waals surface area contributed by atoms with Crippen molar-refractivity contribution in [2.24, 2.45) is 5.92 Å². The predicted octanol–water partition coefficient (Wildman–Crippen LogP) is 1.39. The number of nitrogens with one attached hydrogen (secondary N) is 2. The Hall–Kier alpha value is -1.98. The highest BCUT2D eigenvalue weighted by Crippen LogP contribution is 2.22. The molecule has 4 N–H and O–H groups in total. The zero-order valence-corrected chi connectivity index (χ0v) is 12.0. The van der Waals surface area contributed by atoms with Crippen LogP contribution in [0.1, 0.15) is 26.7 Å². The van der Waals surface area contributed by atoms with E-state index >= 15 is 0 Å². The van der Waals surface area contributed by atoms with Crippen molar-refractivity contribution in [3.8, 4) is 5.88 Å². The van der Waals surface area contributed by atoms with Gasteiger partial charge in [0, 0.05) is 19.0 Å². The quantitative estimate of drug-likeness (QED) is 0.757. The summed E-state index contributed by atoms with van der Waals surface area (Å²) in [5, 5.41) is 6.13. The second-order valence-corrected chi connectivity index (χ2v) is 5.48. The normalized spacial score (nSPS) is 18.8. The fourth-order valence-electron chi connectivity index (χ4n) is 1.96. The Kier molecular flexibility index (Phi) is 4.65. The molecule has 1 aromatic heterocycles. The average molecular weight is 278 g/mol. The molecule has 1 aliphatic heterocycles. The number of carbonyl (C=O) groups is 1. The number of amides is 1. The lowest BCUT2D eigenvalue weighted by Gasteiger charge is -2.24. The van der Waals surface area contributed by atoms with Gasteiger partial charge in [0.1, 0.15) is 5.82 Å². The van der Waals surface area contributed by atoms with E-state index in [1.54, 1.807) is 6.07 Å². The molecule has 1 aromatic rings. The van der Waals surface area contributed by atoms with Gasteiger partial charge >= 0.3 is 0 Å². The minimum absolute atomic E-state index is 0.106. The van der Waals surface area contributed by atoms with Gasteiger partial charge in [-0.2, -0.15) is 4.98 Å². The van der Waals surface area contributed by atoms with E-state index in [1.807, 2.05) is 6.07 Å². The highest BCUT2D eigenvalue weighted by molar-refractivity contribution is 5.77. The molecular weight excluding hydrogens is 256 g/mol. The first-order valence-corrected chi connectivity index (χ1v) is 6.97. The number of anilines is 2. The van der Waals surface area contributed by atoms with Crippen LogP contribution < -0.4 is 21.1 Å². The molecule has 0 spiro atoms. The molecule has 0 aromatic carbocycles. The maximum absolute atomic E-state index is 11.1. The first-order chi connectivity index (χ1) is 9.54. The Bertz CT molecular complexity index is 466. The van der Waals surface area contributed by atoms with Crippen LogP contribution in [0.25, 0.3) is 0 Å². The van der Waals surface area contributed by atoms with Crippen LogP contribution in [-0.4, -0.2) is 30.1 Å². The number of ether oxygens (including phenoxy) is 1. The molecule has 6 heteroatoms. The third kappa shape index (κ3) is 4.01. The summed E-state index contributed by atoms with van der Waals surface area (Å²) in [4.78, 5) is 15.5. The maximum atomic E-state index is 11.1. The Labute approximate surface area is 119 Å². The van der Waals surface area contributed by atoms with E-state index in [-0.39, 0.29) is 11.9 Å². The topological polar surface area (TPSA) is 89.3 Å². The second-order valence-electron chi connectivity index (χ2n) is 5.48. The number of aromatic nitrogens is 1. The fraction of sp³-hybridized carbons (Fsp3) is 0.571. The first-order valence-electron chi connectivity index (χ1n) is 6.97. The van der Waals surface area contributed by atoms with Gasteiger partial charge in [-0.3, -0.25) is 4.79 Å². The molecule has 1 unspecified atom stereocenters. The van der Waals surface area contributed by atoms with Crippen LogP contribution in [0.3, 0.4) is 0 Å². The lowest BCUT2D eigenvalue weighted by molar-refractivity contribution is -0.122. The minimum atomic E-state index is 0.106. The van der Waals surface area contributed by atoms with Crippen LogP contribution in [0.2, 0.25) is 0 Å². The highest BCUT2D eigenvalue weighted by atomic mass is 16.5. The molecule has 1 saturated heterocycles. The van der Waals surface area contributed by atoms with Crippen molar-refractivity contribution in [3.63, 3.8) is 0 Å². The average Bonchev–Trinajstić information content (AvgIpc) is 2.42. The minimum Gasteiger partial charge on any atom is -0.476 e. The summed E-state index contributed by atoms with van der Waals surface area (Å²) in [5.41, 5.74) is 6.39. The van der Waals surface area contributed by atoms with Crippen molar-refractivity contribution in [1.82, 2.24) is 10.3 Å². The van der Waals surface area contributed by atoms with Crippen molar-refractivity contribution in [1.29, 1.82) is 0 Å². The predicted molar refractivity (Wildman–Crippen MR) is 78.6 cm³/mol. The highest BCUT2D eigenvalue weighted by Gasteiger charge is 2.18. The third-order valence-corrected chi connectivity index (χ3v) is 3.06.